The van der Waals surface area contributed by atoms with Gasteiger partial charge in [0, 0.05) is 21.7 Å². The summed E-state index contributed by atoms with van der Waals surface area (Å²) in [4.78, 5) is 11.3. The van der Waals surface area contributed by atoms with E-state index in [-0.39, 0.29) is 5.97 Å². The molecule has 0 unspecified atom stereocenters. The van der Waals surface area contributed by atoms with Gasteiger partial charge in [0.2, 0.25) is 0 Å². The van der Waals surface area contributed by atoms with Gasteiger partial charge in [-0.05, 0) is 18.5 Å². The molecule has 0 aromatic rings. The molecule has 0 saturated carbocycles. The van der Waals surface area contributed by atoms with Crippen molar-refractivity contribution in [2.45, 2.75) is 57.8 Å². The summed E-state index contributed by atoms with van der Waals surface area (Å²) in [5.41, 5.74) is 0.488. The van der Waals surface area contributed by atoms with Gasteiger partial charge in [0.1, 0.15) is 0 Å². The molecule has 0 aliphatic heterocycles. The number of esters is 1. The van der Waals surface area contributed by atoms with E-state index in [2.05, 4.69) is 45.9 Å². The summed E-state index contributed by atoms with van der Waals surface area (Å²) in [6.45, 7) is 20.3. The second-order valence-electron chi connectivity index (χ2n) is 6.99. The Kier molecular flexibility index (Phi) is 5.88. The van der Waals surface area contributed by atoms with Gasteiger partial charge in [0.25, 0.3) is 0 Å². The quantitative estimate of drug-likeness (QED) is 0.414. The standard InChI is InChI=1S/C13H28O2Si2/c1-11(2)13(14)15-10-9-12(16(3,4)5)17(6,7)8/h12H,1,9-10H2,2-8H3. The Morgan fingerprint density at radius 2 is 1.53 bits per heavy atom. The summed E-state index contributed by atoms with van der Waals surface area (Å²) in [6.07, 6.45) is 1.02. The zero-order chi connectivity index (χ0) is 13.9. The Bertz CT molecular complexity index is 271. The summed E-state index contributed by atoms with van der Waals surface area (Å²) >= 11 is 0. The molecule has 2 nitrogen and oxygen atoms in total. The SMILES string of the molecule is C=C(C)C(=O)OCCC([Si](C)(C)C)[Si](C)(C)C. The van der Waals surface area contributed by atoms with Gasteiger partial charge in [-0.25, -0.2) is 4.79 Å². The van der Waals surface area contributed by atoms with Crippen molar-refractivity contribution >= 4 is 22.1 Å². The fraction of sp³-hybridized carbons (Fsp3) is 0.769. The van der Waals surface area contributed by atoms with Crippen LogP contribution in [-0.4, -0.2) is 28.7 Å². The highest BCUT2D eigenvalue weighted by atomic mass is 28.4. The second kappa shape index (κ2) is 6.00. The highest BCUT2D eigenvalue weighted by Gasteiger charge is 2.37. The molecule has 0 N–H and O–H groups in total. The van der Waals surface area contributed by atoms with Gasteiger partial charge in [0.05, 0.1) is 6.61 Å². The average Bonchev–Trinajstić information content (AvgIpc) is 2.07. The molecule has 100 valence electrons. The van der Waals surface area contributed by atoms with Crippen LogP contribution in [0.4, 0.5) is 0 Å². The number of carbonyl (C=O) groups is 1. The molecule has 0 radical (unpaired) electrons. The van der Waals surface area contributed by atoms with Crippen LogP contribution in [-0.2, 0) is 9.53 Å². The number of rotatable bonds is 6. The first-order valence-corrected chi connectivity index (χ1v) is 13.4. The lowest BCUT2D eigenvalue weighted by Crippen LogP contribution is -2.44. The zero-order valence-electron chi connectivity index (χ0n) is 12.5. The average molecular weight is 273 g/mol. The van der Waals surface area contributed by atoms with Crippen molar-refractivity contribution in [3.05, 3.63) is 12.2 Å². The maximum Gasteiger partial charge on any atom is 0.333 e. The number of carbonyl (C=O) groups excluding carboxylic acids is 1. The van der Waals surface area contributed by atoms with E-state index in [4.69, 9.17) is 4.74 Å². The van der Waals surface area contributed by atoms with Gasteiger partial charge in [-0.15, -0.1) is 0 Å². The van der Waals surface area contributed by atoms with E-state index in [1.807, 2.05) is 0 Å². The lowest BCUT2D eigenvalue weighted by molar-refractivity contribution is -0.139. The molecular weight excluding hydrogens is 244 g/mol. The molecule has 0 fully saturated rings. The van der Waals surface area contributed by atoms with E-state index < -0.39 is 16.1 Å². The van der Waals surface area contributed by atoms with Gasteiger partial charge >= 0.3 is 5.97 Å². The van der Waals surface area contributed by atoms with E-state index in [0.29, 0.717) is 12.2 Å². The van der Waals surface area contributed by atoms with E-state index >= 15 is 0 Å². The van der Waals surface area contributed by atoms with Gasteiger partial charge in [-0.3, -0.25) is 0 Å². The van der Waals surface area contributed by atoms with E-state index in [9.17, 15) is 4.79 Å². The fourth-order valence-electron chi connectivity index (χ4n) is 2.56. The normalized spacial score (nSPS) is 12.7. The molecule has 0 amide bonds. The molecule has 0 aliphatic carbocycles. The van der Waals surface area contributed by atoms with Gasteiger partial charge < -0.3 is 4.74 Å². The van der Waals surface area contributed by atoms with E-state index in [1.54, 1.807) is 6.92 Å². The molecule has 0 heterocycles. The largest absolute Gasteiger partial charge is 0.462 e. The highest BCUT2D eigenvalue weighted by Crippen LogP contribution is 2.34. The maximum atomic E-state index is 11.3. The minimum atomic E-state index is -1.17. The minimum absolute atomic E-state index is 0.255. The first kappa shape index (κ1) is 16.6. The van der Waals surface area contributed by atoms with Crippen LogP contribution in [0.15, 0.2) is 12.2 Å². The van der Waals surface area contributed by atoms with Crippen molar-refractivity contribution in [2.75, 3.05) is 6.61 Å². The number of hydrogen-bond acceptors (Lipinski definition) is 2. The van der Waals surface area contributed by atoms with Crippen molar-refractivity contribution in [1.82, 2.24) is 0 Å². The molecule has 17 heavy (non-hydrogen) atoms. The van der Waals surface area contributed by atoms with E-state index in [0.717, 1.165) is 11.6 Å². The van der Waals surface area contributed by atoms with Gasteiger partial charge in [-0.2, -0.15) is 0 Å². The fourth-order valence-corrected chi connectivity index (χ4v) is 14.9. The van der Waals surface area contributed by atoms with Gasteiger partial charge in [-0.1, -0.05) is 45.9 Å². The number of hydrogen-bond donors (Lipinski definition) is 0. The third kappa shape index (κ3) is 6.22. The van der Waals surface area contributed by atoms with Crippen molar-refractivity contribution < 1.29 is 9.53 Å². The molecule has 0 aromatic heterocycles. The third-order valence-electron chi connectivity index (χ3n) is 3.08. The Morgan fingerprint density at radius 3 is 1.82 bits per heavy atom. The summed E-state index contributed by atoms with van der Waals surface area (Å²) in [6, 6.07) is 0. The van der Waals surface area contributed by atoms with E-state index in [1.165, 1.54) is 0 Å². The van der Waals surface area contributed by atoms with Crippen molar-refractivity contribution in [2.24, 2.45) is 0 Å². The third-order valence-corrected chi connectivity index (χ3v) is 13.0. The predicted octanol–water partition coefficient (Wildman–Crippen LogP) is 4.08. The molecule has 0 atom stereocenters. The minimum Gasteiger partial charge on any atom is -0.462 e. The first-order valence-electron chi connectivity index (χ1n) is 6.29. The number of ether oxygens (including phenoxy) is 1. The van der Waals surface area contributed by atoms with Crippen LogP contribution in [0.25, 0.3) is 0 Å². The van der Waals surface area contributed by atoms with Crippen molar-refractivity contribution in [3.8, 4) is 0 Å². The molecule has 0 aromatic carbocycles. The lowest BCUT2D eigenvalue weighted by Gasteiger charge is -2.38. The molecule has 4 heteroatoms. The molecule has 0 saturated heterocycles. The molecule has 0 bridgehead atoms. The molecule has 0 spiro atoms. The van der Waals surface area contributed by atoms with Crippen LogP contribution in [0.2, 0.25) is 44.4 Å². The van der Waals surface area contributed by atoms with Crippen molar-refractivity contribution in [1.29, 1.82) is 0 Å². The first-order chi connectivity index (χ1) is 7.46. The van der Waals surface area contributed by atoms with Crippen LogP contribution in [0.1, 0.15) is 13.3 Å². The Labute approximate surface area is 108 Å². The smallest absolute Gasteiger partial charge is 0.333 e. The Morgan fingerprint density at radius 1 is 1.12 bits per heavy atom. The van der Waals surface area contributed by atoms with Crippen LogP contribution >= 0.6 is 0 Å². The van der Waals surface area contributed by atoms with Crippen LogP contribution < -0.4 is 0 Å². The predicted molar refractivity (Wildman–Crippen MR) is 80.8 cm³/mol. The molecule has 0 aliphatic rings. The van der Waals surface area contributed by atoms with Gasteiger partial charge in [0.15, 0.2) is 0 Å². The molecular formula is C13H28O2Si2. The maximum absolute atomic E-state index is 11.3. The van der Waals surface area contributed by atoms with Crippen LogP contribution in [0.3, 0.4) is 0 Å². The molecule has 0 rings (SSSR count). The van der Waals surface area contributed by atoms with Crippen LogP contribution in [0.5, 0.6) is 0 Å². The Hall–Kier alpha value is -0.356. The monoisotopic (exact) mass is 272 g/mol. The topological polar surface area (TPSA) is 26.3 Å². The zero-order valence-corrected chi connectivity index (χ0v) is 14.5. The lowest BCUT2D eigenvalue weighted by atomic mass is 10.4. The summed E-state index contributed by atoms with van der Waals surface area (Å²) in [5.74, 6) is -0.255. The highest BCUT2D eigenvalue weighted by molar-refractivity contribution is 6.96. The summed E-state index contributed by atoms with van der Waals surface area (Å²) in [7, 11) is -2.35. The Balaban J connectivity index is 4.40. The second-order valence-corrected chi connectivity index (χ2v) is 18.4. The van der Waals surface area contributed by atoms with Crippen LogP contribution in [0, 0.1) is 0 Å². The van der Waals surface area contributed by atoms with Crippen molar-refractivity contribution in [3.63, 3.8) is 0 Å². The summed E-state index contributed by atoms with van der Waals surface area (Å²) in [5, 5.41) is 0.785. The summed E-state index contributed by atoms with van der Waals surface area (Å²) < 4.78 is 5.23.